The summed E-state index contributed by atoms with van der Waals surface area (Å²) >= 11 is 0. The Labute approximate surface area is 167 Å². The molecule has 3 rings (SSSR count). The second kappa shape index (κ2) is 8.66. The highest BCUT2D eigenvalue weighted by molar-refractivity contribution is 5.59. The van der Waals surface area contributed by atoms with Crippen LogP contribution in [0.25, 0.3) is 0 Å². The molecule has 0 N–H and O–H groups in total. The quantitative estimate of drug-likeness (QED) is 0.355. The van der Waals surface area contributed by atoms with Crippen molar-refractivity contribution < 1.29 is 14.4 Å². The van der Waals surface area contributed by atoms with Crippen molar-refractivity contribution in [3.05, 3.63) is 108 Å². The number of benzene rings is 3. The zero-order chi connectivity index (χ0) is 20.6. The number of rotatable bonds is 7. The molecule has 6 heteroatoms. The van der Waals surface area contributed by atoms with Gasteiger partial charge in [-0.25, -0.2) is 14.4 Å². The summed E-state index contributed by atoms with van der Waals surface area (Å²) in [5.41, 5.74) is 0.376. The number of isocyanates is 3. The molecule has 0 fully saturated rings. The maximum absolute atomic E-state index is 11.4. The van der Waals surface area contributed by atoms with Crippen LogP contribution in [0, 0.1) is 0 Å². The molecule has 0 saturated carbocycles. The maximum Gasteiger partial charge on any atom is 0.294 e. The molecule has 0 aliphatic carbocycles. The molecule has 0 aliphatic heterocycles. The van der Waals surface area contributed by atoms with Crippen LogP contribution in [0.5, 0.6) is 0 Å². The number of hydrogen-bond donors (Lipinski definition) is 0. The third-order valence-electron chi connectivity index (χ3n) is 4.73. The van der Waals surface area contributed by atoms with E-state index in [2.05, 4.69) is 15.0 Å². The summed E-state index contributed by atoms with van der Waals surface area (Å²) < 4.78 is 0. The minimum Gasteiger partial charge on any atom is -0.211 e. The summed E-state index contributed by atoms with van der Waals surface area (Å²) in [6, 6.07) is 26.9. The van der Waals surface area contributed by atoms with E-state index < -0.39 is 11.2 Å². The normalized spacial score (nSPS) is 12.4. The van der Waals surface area contributed by atoms with Gasteiger partial charge in [0.05, 0.1) is 0 Å². The van der Waals surface area contributed by atoms with Crippen molar-refractivity contribution in [1.82, 2.24) is 0 Å². The average Bonchev–Trinajstić information content (AvgIpc) is 2.77. The zero-order valence-corrected chi connectivity index (χ0v) is 15.2. The van der Waals surface area contributed by atoms with Gasteiger partial charge in [-0.1, -0.05) is 91.0 Å². The molecule has 29 heavy (non-hydrogen) atoms. The summed E-state index contributed by atoms with van der Waals surface area (Å²) in [6.07, 6.45) is 4.27. The van der Waals surface area contributed by atoms with Crippen molar-refractivity contribution in [1.29, 1.82) is 0 Å². The lowest BCUT2D eigenvalue weighted by Crippen LogP contribution is -2.49. The van der Waals surface area contributed by atoms with Crippen LogP contribution in [0.4, 0.5) is 0 Å². The van der Waals surface area contributed by atoms with E-state index in [4.69, 9.17) is 0 Å². The van der Waals surface area contributed by atoms with Gasteiger partial charge >= 0.3 is 0 Å². The molecule has 0 radical (unpaired) electrons. The fraction of sp³-hybridized carbons (Fsp3) is 0.0870. The topological polar surface area (TPSA) is 88.3 Å². The van der Waals surface area contributed by atoms with Crippen LogP contribution in [0.1, 0.15) is 16.7 Å². The van der Waals surface area contributed by atoms with Crippen molar-refractivity contribution >= 4 is 18.2 Å². The van der Waals surface area contributed by atoms with E-state index in [0.717, 1.165) is 0 Å². The molecule has 0 unspecified atom stereocenters. The third kappa shape index (κ3) is 3.27. The van der Waals surface area contributed by atoms with Gasteiger partial charge in [0, 0.05) is 0 Å². The highest BCUT2D eigenvalue weighted by atomic mass is 16.1. The SMILES string of the molecule is O=C=NC(N=C=O)(N=C=O)C(c1ccccc1)(c1ccccc1)c1ccccc1. The van der Waals surface area contributed by atoms with Gasteiger partial charge in [0.15, 0.2) is 0 Å². The minimum absolute atomic E-state index is 0.606. The largest absolute Gasteiger partial charge is 0.294 e. The highest BCUT2D eigenvalue weighted by Gasteiger charge is 2.57. The fourth-order valence-electron chi connectivity index (χ4n) is 3.66. The molecule has 0 aromatic heterocycles. The molecular weight excluding hydrogens is 366 g/mol. The smallest absolute Gasteiger partial charge is 0.211 e. The Morgan fingerprint density at radius 1 is 0.483 bits per heavy atom. The number of nitrogens with zero attached hydrogens (tertiary/aromatic N) is 3. The lowest BCUT2D eigenvalue weighted by atomic mass is 9.64. The predicted octanol–water partition coefficient (Wildman–Crippen LogP) is 3.68. The lowest BCUT2D eigenvalue weighted by molar-refractivity contribution is 0.324. The summed E-state index contributed by atoms with van der Waals surface area (Å²) in [7, 11) is 0. The Hall–Kier alpha value is -4.20. The first kappa shape index (κ1) is 19.6. The van der Waals surface area contributed by atoms with Crippen molar-refractivity contribution in [2.24, 2.45) is 15.0 Å². The third-order valence-corrected chi connectivity index (χ3v) is 4.73. The number of carbonyl (C=O) groups excluding carboxylic acids is 3. The van der Waals surface area contributed by atoms with Crippen LogP contribution in [0.3, 0.4) is 0 Å². The predicted molar refractivity (Wildman–Crippen MR) is 106 cm³/mol. The molecule has 0 spiro atoms. The zero-order valence-electron chi connectivity index (χ0n) is 15.2. The van der Waals surface area contributed by atoms with Crippen LogP contribution in [-0.4, -0.2) is 24.0 Å². The van der Waals surface area contributed by atoms with Gasteiger partial charge in [0.25, 0.3) is 5.79 Å². The molecule has 3 aromatic rings. The van der Waals surface area contributed by atoms with Crippen molar-refractivity contribution in [3.63, 3.8) is 0 Å². The van der Waals surface area contributed by atoms with Gasteiger partial charge in [-0.3, -0.25) is 0 Å². The summed E-state index contributed by atoms with van der Waals surface area (Å²) in [4.78, 5) is 45.6. The second-order valence-electron chi connectivity index (χ2n) is 6.09. The molecule has 0 aliphatic rings. The van der Waals surface area contributed by atoms with Gasteiger partial charge in [-0.2, -0.15) is 0 Å². The minimum atomic E-state index is -2.22. The van der Waals surface area contributed by atoms with E-state index in [-0.39, 0.29) is 0 Å². The molecule has 3 aromatic carbocycles. The van der Waals surface area contributed by atoms with Gasteiger partial charge in [0.2, 0.25) is 18.2 Å². The Balaban J connectivity index is 2.64. The first-order valence-corrected chi connectivity index (χ1v) is 8.69. The molecule has 0 heterocycles. The standard InChI is InChI=1S/C23H15N3O3/c27-16-24-23(25-17-28,26-18-29)22(19-10-4-1-5-11-19,20-12-6-2-7-13-20)21-14-8-3-9-15-21/h1-15H. The van der Waals surface area contributed by atoms with E-state index >= 15 is 0 Å². The van der Waals surface area contributed by atoms with Crippen LogP contribution in [-0.2, 0) is 19.8 Å². The van der Waals surface area contributed by atoms with E-state index in [1.807, 2.05) is 18.2 Å². The van der Waals surface area contributed by atoms with Crippen molar-refractivity contribution in [2.45, 2.75) is 11.2 Å². The first-order valence-electron chi connectivity index (χ1n) is 8.69. The fourth-order valence-corrected chi connectivity index (χ4v) is 3.66. The molecule has 0 saturated heterocycles. The van der Waals surface area contributed by atoms with Gasteiger partial charge in [-0.05, 0) is 16.7 Å². The Morgan fingerprint density at radius 3 is 1.00 bits per heavy atom. The van der Waals surface area contributed by atoms with Crippen LogP contribution >= 0.6 is 0 Å². The van der Waals surface area contributed by atoms with Crippen molar-refractivity contribution in [3.8, 4) is 0 Å². The lowest BCUT2D eigenvalue weighted by Gasteiger charge is -2.42. The van der Waals surface area contributed by atoms with Gasteiger partial charge in [-0.15, -0.1) is 15.0 Å². The number of aliphatic imine (C=N–C) groups is 3. The Bertz CT molecular complexity index is 970. The second-order valence-corrected chi connectivity index (χ2v) is 6.09. The molecule has 0 amide bonds. The maximum atomic E-state index is 11.4. The summed E-state index contributed by atoms with van der Waals surface area (Å²) in [6.45, 7) is 0. The molecule has 6 nitrogen and oxygen atoms in total. The van der Waals surface area contributed by atoms with Crippen LogP contribution in [0.2, 0.25) is 0 Å². The summed E-state index contributed by atoms with van der Waals surface area (Å²) in [5.74, 6) is -2.22. The van der Waals surface area contributed by atoms with E-state index in [9.17, 15) is 14.4 Å². The first-order chi connectivity index (χ1) is 14.2. The Kier molecular flexibility index (Phi) is 5.84. The van der Waals surface area contributed by atoms with Gasteiger partial charge in [0.1, 0.15) is 5.41 Å². The highest BCUT2D eigenvalue weighted by Crippen LogP contribution is 2.50. The molecule has 140 valence electrons. The monoisotopic (exact) mass is 381 g/mol. The van der Waals surface area contributed by atoms with Crippen LogP contribution < -0.4 is 0 Å². The molecule has 0 atom stereocenters. The van der Waals surface area contributed by atoms with Crippen molar-refractivity contribution in [2.75, 3.05) is 0 Å². The molecule has 0 bridgehead atoms. The van der Waals surface area contributed by atoms with E-state index in [1.165, 1.54) is 18.2 Å². The van der Waals surface area contributed by atoms with E-state index in [0.29, 0.717) is 16.7 Å². The van der Waals surface area contributed by atoms with Gasteiger partial charge < -0.3 is 0 Å². The summed E-state index contributed by atoms with van der Waals surface area (Å²) in [5, 5.41) is 0. The molecular formula is C23H15N3O3. The van der Waals surface area contributed by atoms with E-state index in [1.54, 1.807) is 72.8 Å². The number of hydrogen-bond acceptors (Lipinski definition) is 6. The average molecular weight is 381 g/mol. The van der Waals surface area contributed by atoms with Crippen LogP contribution in [0.15, 0.2) is 106 Å². The Morgan fingerprint density at radius 2 is 0.759 bits per heavy atom.